The highest BCUT2D eigenvalue weighted by Gasteiger charge is 2.16. The van der Waals surface area contributed by atoms with Crippen molar-refractivity contribution in [2.75, 3.05) is 65.8 Å². The number of rotatable bonds is 15. The van der Waals surface area contributed by atoms with E-state index in [0.29, 0.717) is 64.3 Å². The average Bonchev–Trinajstić information content (AvgIpc) is 2.79. The van der Waals surface area contributed by atoms with Crippen molar-refractivity contribution in [3.63, 3.8) is 0 Å². The SMILES string of the molecule is [N-]=[N+]=NCCOCCOCCOCCNC(=O)c1ccc(CN2CCC(N)CC2)cc1. The third-order valence-corrected chi connectivity index (χ3v) is 4.93. The van der Waals surface area contributed by atoms with Crippen LogP contribution in [0, 0.1) is 0 Å². The van der Waals surface area contributed by atoms with Gasteiger partial charge in [0, 0.05) is 36.2 Å². The summed E-state index contributed by atoms with van der Waals surface area (Å²) in [4.78, 5) is 17.3. The van der Waals surface area contributed by atoms with Gasteiger partial charge in [0.05, 0.1) is 39.6 Å². The maximum atomic E-state index is 12.2. The molecule has 0 spiro atoms. The fraction of sp³-hybridized carbons (Fsp3) is 0.667. The summed E-state index contributed by atoms with van der Waals surface area (Å²) < 4.78 is 16.0. The largest absolute Gasteiger partial charge is 0.379 e. The Kier molecular flexibility index (Phi) is 12.6. The minimum absolute atomic E-state index is 0.103. The van der Waals surface area contributed by atoms with Crippen LogP contribution in [0.25, 0.3) is 10.4 Å². The molecule has 0 aromatic heterocycles. The second-order valence-corrected chi connectivity index (χ2v) is 7.36. The number of hydrogen-bond donors (Lipinski definition) is 2. The number of ether oxygens (including phenoxy) is 3. The number of benzene rings is 1. The van der Waals surface area contributed by atoms with Crippen molar-refractivity contribution in [3.8, 4) is 0 Å². The van der Waals surface area contributed by atoms with Crippen molar-refractivity contribution < 1.29 is 19.0 Å². The number of likely N-dealkylation sites (tertiary alicyclic amines) is 1. The van der Waals surface area contributed by atoms with Crippen LogP contribution in [0.5, 0.6) is 0 Å². The van der Waals surface area contributed by atoms with Gasteiger partial charge in [0.25, 0.3) is 5.91 Å². The molecular formula is C21H34N6O4. The molecule has 0 atom stereocenters. The van der Waals surface area contributed by atoms with Crippen LogP contribution in [0.4, 0.5) is 0 Å². The Bertz CT molecular complexity index is 673. The Labute approximate surface area is 183 Å². The molecule has 0 bridgehead atoms. The van der Waals surface area contributed by atoms with Crippen LogP contribution in [0.2, 0.25) is 0 Å². The second kappa shape index (κ2) is 15.6. The van der Waals surface area contributed by atoms with Crippen LogP contribution in [0.1, 0.15) is 28.8 Å². The van der Waals surface area contributed by atoms with Gasteiger partial charge in [-0.2, -0.15) is 0 Å². The minimum Gasteiger partial charge on any atom is -0.379 e. The number of nitrogens with two attached hydrogens (primary N) is 1. The maximum Gasteiger partial charge on any atom is 0.251 e. The summed E-state index contributed by atoms with van der Waals surface area (Å²) >= 11 is 0. The fourth-order valence-electron chi connectivity index (χ4n) is 3.16. The van der Waals surface area contributed by atoms with Gasteiger partial charge in [-0.25, -0.2) is 0 Å². The molecule has 10 nitrogen and oxygen atoms in total. The van der Waals surface area contributed by atoms with Gasteiger partial charge in [0.1, 0.15) is 0 Å². The number of nitrogens with one attached hydrogen (secondary N) is 1. The van der Waals surface area contributed by atoms with Gasteiger partial charge < -0.3 is 25.3 Å². The molecule has 1 amide bonds. The molecule has 1 saturated heterocycles. The summed E-state index contributed by atoms with van der Waals surface area (Å²) in [5.41, 5.74) is 15.9. The molecule has 3 N–H and O–H groups in total. The Balaban J connectivity index is 1.47. The summed E-state index contributed by atoms with van der Waals surface area (Å²) in [7, 11) is 0. The van der Waals surface area contributed by atoms with Crippen LogP contribution >= 0.6 is 0 Å². The lowest BCUT2D eigenvalue weighted by Crippen LogP contribution is -2.39. The number of azide groups is 1. The molecule has 172 valence electrons. The molecule has 10 heteroatoms. The fourth-order valence-corrected chi connectivity index (χ4v) is 3.16. The van der Waals surface area contributed by atoms with Gasteiger partial charge in [-0.3, -0.25) is 9.69 Å². The molecule has 0 saturated carbocycles. The lowest BCUT2D eigenvalue weighted by atomic mass is 10.0. The van der Waals surface area contributed by atoms with E-state index in [0.717, 1.165) is 32.5 Å². The highest BCUT2D eigenvalue weighted by atomic mass is 16.5. The predicted octanol–water partition coefficient (Wildman–Crippen LogP) is 1.70. The van der Waals surface area contributed by atoms with Crippen molar-refractivity contribution in [3.05, 3.63) is 45.8 Å². The van der Waals surface area contributed by atoms with Gasteiger partial charge in [-0.15, -0.1) is 0 Å². The minimum atomic E-state index is -0.103. The highest BCUT2D eigenvalue weighted by Crippen LogP contribution is 2.13. The first-order chi connectivity index (χ1) is 15.2. The van der Waals surface area contributed by atoms with Crippen molar-refractivity contribution >= 4 is 5.91 Å². The zero-order valence-electron chi connectivity index (χ0n) is 18.1. The standard InChI is InChI=1S/C21H34N6O4/c22-20-5-9-27(10-6-20)17-18-1-3-19(4-2-18)21(28)24-7-11-29-13-15-31-16-14-30-12-8-25-26-23/h1-4,20H,5-17,22H2,(H,24,28). The normalized spacial score (nSPS) is 14.9. The molecule has 1 aromatic rings. The lowest BCUT2D eigenvalue weighted by Gasteiger charge is -2.30. The molecule has 1 heterocycles. The van der Waals surface area contributed by atoms with Crippen LogP contribution in [0.15, 0.2) is 29.4 Å². The average molecular weight is 435 g/mol. The summed E-state index contributed by atoms with van der Waals surface area (Å²) in [5.74, 6) is -0.103. The zero-order chi connectivity index (χ0) is 22.2. The molecule has 2 rings (SSSR count). The third-order valence-electron chi connectivity index (χ3n) is 4.93. The number of carbonyl (C=O) groups is 1. The molecule has 1 aliphatic heterocycles. The summed E-state index contributed by atoms with van der Waals surface area (Å²) in [5, 5.41) is 6.22. The van der Waals surface area contributed by atoms with Crippen molar-refractivity contribution in [2.24, 2.45) is 10.8 Å². The third kappa shape index (κ3) is 11.1. The first-order valence-corrected chi connectivity index (χ1v) is 10.8. The van der Waals surface area contributed by atoms with Gasteiger partial charge in [0.2, 0.25) is 0 Å². The monoisotopic (exact) mass is 434 g/mol. The van der Waals surface area contributed by atoms with E-state index < -0.39 is 0 Å². The molecule has 0 radical (unpaired) electrons. The van der Waals surface area contributed by atoms with Gasteiger partial charge >= 0.3 is 0 Å². The van der Waals surface area contributed by atoms with Gasteiger partial charge in [0.15, 0.2) is 0 Å². The second-order valence-electron chi connectivity index (χ2n) is 7.36. The first kappa shape index (κ1) is 25.1. The lowest BCUT2D eigenvalue weighted by molar-refractivity contribution is 0.0166. The van der Waals surface area contributed by atoms with Crippen LogP contribution in [-0.2, 0) is 20.8 Å². The first-order valence-electron chi connectivity index (χ1n) is 10.8. The maximum absolute atomic E-state index is 12.2. The van der Waals surface area contributed by atoms with Crippen LogP contribution in [0.3, 0.4) is 0 Å². The van der Waals surface area contributed by atoms with Crippen molar-refractivity contribution in [1.29, 1.82) is 0 Å². The molecule has 1 fully saturated rings. The topological polar surface area (TPSA) is 135 Å². The quantitative estimate of drug-likeness (QED) is 0.187. The van der Waals surface area contributed by atoms with Gasteiger partial charge in [-0.1, -0.05) is 17.2 Å². The number of hydrogen-bond acceptors (Lipinski definition) is 7. The number of amides is 1. The molecule has 1 aromatic carbocycles. The van der Waals surface area contributed by atoms with E-state index in [9.17, 15) is 4.79 Å². The summed E-state index contributed by atoms with van der Waals surface area (Å²) in [6, 6.07) is 8.09. The number of piperidine rings is 1. The Morgan fingerprint density at radius 1 is 1.06 bits per heavy atom. The summed E-state index contributed by atoms with van der Waals surface area (Å²) in [6.07, 6.45) is 2.09. The van der Waals surface area contributed by atoms with E-state index in [1.54, 1.807) is 0 Å². The number of nitrogens with zero attached hydrogens (tertiary/aromatic N) is 4. The smallest absolute Gasteiger partial charge is 0.251 e. The Morgan fingerprint density at radius 3 is 2.32 bits per heavy atom. The van der Waals surface area contributed by atoms with Gasteiger partial charge in [-0.05, 0) is 49.2 Å². The zero-order valence-corrected chi connectivity index (χ0v) is 18.1. The Hall–Kier alpha value is -2.20. The highest BCUT2D eigenvalue weighted by molar-refractivity contribution is 5.94. The van der Waals surface area contributed by atoms with E-state index in [4.69, 9.17) is 25.5 Å². The van der Waals surface area contributed by atoms with E-state index >= 15 is 0 Å². The van der Waals surface area contributed by atoms with E-state index in [-0.39, 0.29) is 5.91 Å². The van der Waals surface area contributed by atoms with E-state index in [1.807, 2.05) is 24.3 Å². The van der Waals surface area contributed by atoms with Crippen LogP contribution in [-0.4, -0.2) is 82.7 Å². The summed E-state index contributed by atoms with van der Waals surface area (Å²) in [6.45, 7) is 6.34. The van der Waals surface area contributed by atoms with E-state index in [1.165, 1.54) is 5.56 Å². The van der Waals surface area contributed by atoms with E-state index in [2.05, 4.69) is 20.2 Å². The molecule has 0 aliphatic carbocycles. The Morgan fingerprint density at radius 2 is 1.68 bits per heavy atom. The molecular weight excluding hydrogens is 400 g/mol. The number of carbonyl (C=O) groups excluding carboxylic acids is 1. The molecule has 0 unspecified atom stereocenters. The molecule has 31 heavy (non-hydrogen) atoms. The van der Waals surface area contributed by atoms with Crippen molar-refractivity contribution in [1.82, 2.24) is 10.2 Å². The van der Waals surface area contributed by atoms with Crippen LogP contribution < -0.4 is 11.1 Å². The molecule has 1 aliphatic rings. The predicted molar refractivity (Wildman–Crippen MR) is 118 cm³/mol. The van der Waals surface area contributed by atoms with Crippen molar-refractivity contribution in [2.45, 2.75) is 25.4 Å².